The summed E-state index contributed by atoms with van der Waals surface area (Å²) < 4.78 is 0. The maximum atomic E-state index is 5.88. The first-order chi connectivity index (χ1) is 7.65. The molecule has 1 aromatic rings. The van der Waals surface area contributed by atoms with Gasteiger partial charge in [0.15, 0.2) is 0 Å². The fraction of sp³-hybridized carbons (Fsp3) is 0.538. The van der Waals surface area contributed by atoms with Crippen LogP contribution in [-0.2, 0) is 0 Å². The molecule has 0 saturated carbocycles. The summed E-state index contributed by atoms with van der Waals surface area (Å²) >= 11 is 5.88. The number of nitrogens with zero attached hydrogens (tertiary/aromatic N) is 1. The predicted octanol–water partition coefficient (Wildman–Crippen LogP) is 2.90. The van der Waals surface area contributed by atoms with Gasteiger partial charge in [0.2, 0.25) is 0 Å². The summed E-state index contributed by atoms with van der Waals surface area (Å²) in [4.78, 5) is 2.42. The first-order valence-corrected chi connectivity index (χ1v) is 6.29. The highest BCUT2D eigenvalue weighted by atomic mass is 35.5. The van der Waals surface area contributed by atoms with E-state index in [4.69, 9.17) is 17.3 Å². The van der Waals surface area contributed by atoms with E-state index in [-0.39, 0.29) is 0 Å². The molecule has 1 saturated heterocycles. The molecule has 1 aromatic carbocycles. The van der Waals surface area contributed by atoms with Crippen molar-refractivity contribution < 1.29 is 0 Å². The Morgan fingerprint density at radius 1 is 1.44 bits per heavy atom. The number of rotatable bonds is 3. The van der Waals surface area contributed by atoms with Gasteiger partial charge in [-0.15, -0.1) is 0 Å². The van der Waals surface area contributed by atoms with Gasteiger partial charge in [0.25, 0.3) is 0 Å². The molecular weight excluding hydrogens is 220 g/mol. The van der Waals surface area contributed by atoms with Crippen LogP contribution in [-0.4, -0.2) is 19.1 Å². The van der Waals surface area contributed by atoms with E-state index >= 15 is 0 Å². The molecule has 2 N–H and O–H groups in total. The molecule has 88 valence electrons. The molecule has 1 aliphatic heterocycles. The number of hydrogen-bond acceptors (Lipinski definition) is 2. The van der Waals surface area contributed by atoms with Crippen LogP contribution in [0.2, 0.25) is 5.02 Å². The molecule has 0 aliphatic carbocycles. The quantitative estimate of drug-likeness (QED) is 0.878. The van der Waals surface area contributed by atoms with E-state index in [0.29, 0.717) is 6.04 Å². The van der Waals surface area contributed by atoms with Gasteiger partial charge >= 0.3 is 0 Å². The lowest BCUT2D eigenvalue weighted by Crippen LogP contribution is -2.23. The normalized spacial score (nSPS) is 22.4. The van der Waals surface area contributed by atoms with Gasteiger partial charge in [0.1, 0.15) is 0 Å². The Balaban J connectivity index is 1.95. The Kier molecular flexibility index (Phi) is 3.72. The van der Waals surface area contributed by atoms with Crippen LogP contribution in [0.1, 0.15) is 19.8 Å². The first-order valence-electron chi connectivity index (χ1n) is 5.91. The average molecular weight is 239 g/mol. The summed E-state index contributed by atoms with van der Waals surface area (Å²) in [5, 5.41) is 0.801. The summed E-state index contributed by atoms with van der Waals surface area (Å²) in [6.45, 7) is 4.35. The number of nitrogens with two attached hydrogens (primary N) is 1. The van der Waals surface area contributed by atoms with Gasteiger partial charge < -0.3 is 10.6 Å². The topological polar surface area (TPSA) is 29.3 Å². The lowest BCUT2D eigenvalue weighted by molar-refractivity contribution is 0.485. The second-order valence-electron chi connectivity index (χ2n) is 4.79. The van der Waals surface area contributed by atoms with E-state index in [2.05, 4.69) is 24.0 Å². The van der Waals surface area contributed by atoms with Crippen LogP contribution < -0.4 is 10.6 Å². The number of halogens is 1. The lowest BCUT2D eigenvalue weighted by atomic mass is 10.0. The van der Waals surface area contributed by atoms with Crippen LogP contribution in [0.5, 0.6) is 0 Å². The zero-order valence-corrected chi connectivity index (χ0v) is 10.5. The van der Waals surface area contributed by atoms with Crippen molar-refractivity contribution in [3.05, 3.63) is 29.3 Å². The van der Waals surface area contributed by atoms with Crippen LogP contribution in [0, 0.1) is 5.92 Å². The molecule has 2 unspecified atom stereocenters. The zero-order valence-electron chi connectivity index (χ0n) is 9.70. The van der Waals surface area contributed by atoms with Crippen molar-refractivity contribution in [3.63, 3.8) is 0 Å². The second kappa shape index (κ2) is 5.07. The van der Waals surface area contributed by atoms with Crippen molar-refractivity contribution in [2.75, 3.05) is 18.0 Å². The summed E-state index contributed by atoms with van der Waals surface area (Å²) in [5.41, 5.74) is 7.11. The molecule has 0 aromatic heterocycles. The summed E-state index contributed by atoms with van der Waals surface area (Å²) in [6, 6.07) is 8.41. The highest BCUT2D eigenvalue weighted by Gasteiger charge is 2.23. The van der Waals surface area contributed by atoms with Gasteiger partial charge in [0, 0.05) is 29.8 Å². The summed E-state index contributed by atoms with van der Waals surface area (Å²) in [6.07, 6.45) is 2.38. The Hall–Kier alpha value is -0.730. The molecule has 1 aliphatic rings. The Bertz CT molecular complexity index is 334. The molecule has 1 heterocycles. The maximum Gasteiger partial charge on any atom is 0.0407 e. The number of hydrogen-bond donors (Lipinski definition) is 1. The second-order valence-corrected chi connectivity index (χ2v) is 5.23. The molecule has 1 fully saturated rings. The third kappa shape index (κ3) is 2.89. The van der Waals surface area contributed by atoms with Gasteiger partial charge in [-0.2, -0.15) is 0 Å². The van der Waals surface area contributed by atoms with Crippen LogP contribution in [0.4, 0.5) is 5.69 Å². The van der Waals surface area contributed by atoms with Crippen molar-refractivity contribution in [2.24, 2.45) is 11.7 Å². The highest BCUT2D eigenvalue weighted by molar-refractivity contribution is 6.30. The monoisotopic (exact) mass is 238 g/mol. The summed E-state index contributed by atoms with van der Waals surface area (Å²) in [5.74, 6) is 0.746. The maximum absolute atomic E-state index is 5.88. The lowest BCUT2D eigenvalue weighted by Gasteiger charge is -2.19. The standard InChI is InChI=1S/C13H19ClN2/c1-10(15)8-11-6-7-16(9-11)13-4-2-12(14)3-5-13/h2-5,10-11H,6-9,15H2,1H3. The predicted molar refractivity (Wildman–Crippen MR) is 70.0 cm³/mol. The third-order valence-corrected chi connectivity index (χ3v) is 3.43. The fourth-order valence-electron chi connectivity index (χ4n) is 2.44. The molecule has 0 radical (unpaired) electrons. The summed E-state index contributed by atoms with van der Waals surface area (Å²) in [7, 11) is 0. The van der Waals surface area contributed by atoms with E-state index in [1.54, 1.807) is 0 Å². The molecule has 2 rings (SSSR count). The molecule has 0 spiro atoms. The van der Waals surface area contributed by atoms with Crippen molar-refractivity contribution in [1.82, 2.24) is 0 Å². The van der Waals surface area contributed by atoms with Gasteiger partial charge in [-0.25, -0.2) is 0 Å². The van der Waals surface area contributed by atoms with E-state index in [1.165, 1.54) is 12.1 Å². The van der Waals surface area contributed by atoms with Gasteiger partial charge in [0.05, 0.1) is 0 Å². The SMILES string of the molecule is CC(N)CC1CCN(c2ccc(Cl)cc2)C1. The third-order valence-electron chi connectivity index (χ3n) is 3.18. The van der Waals surface area contributed by atoms with Crippen molar-refractivity contribution in [3.8, 4) is 0 Å². The van der Waals surface area contributed by atoms with Gasteiger partial charge in [-0.1, -0.05) is 11.6 Å². The van der Waals surface area contributed by atoms with Crippen molar-refractivity contribution >= 4 is 17.3 Å². The fourth-order valence-corrected chi connectivity index (χ4v) is 2.56. The van der Waals surface area contributed by atoms with Crippen molar-refractivity contribution in [2.45, 2.75) is 25.8 Å². The molecule has 0 amide bonds. The Labute approximate surface area is 102 Å². The van der Waals surface area contributed by atoms with Gasteiger partial charge in [-0.05, 0) is 49.9 Å². The molecule has 2 atom stereocenters. The van der Waals surface area contributed by atoms with E-state index in [1.807, 2.05) is 12.1 Å². The van der Waals surface area contributed by atoms with E-state index < -0.39 is 0 Å². The van der Waals surface area contributed by atoms with Crippen LogP contribution >= 0.6 is 11.6 Å². The molecule has 16 heavy (non-hydrogen) atoms. The highest BCUT2D eigenvalue weighted by Crippen LogP contribution is 2.27. The first kappa shape index (κ1) is 11.7. The number of benzene rings is 1. The van der Waals surface area contributed by atoms with Crippen molar-refractivity contribution in [1.29, 1.82) is 0 Å². The largest absolute Gasteiger partial charge is 0.371 e. The Morgan fingerprint density at radius 2 is 2.12 bits per heavy atom. The average Bonchev–Trinajstić information content (AvgIpc) is 2.66. The van der Waals surface area contributed by atoms with E-state index in [9.17, 15) is 0 Å². The smallest absolute Gasteiger partial charge is 0.0407 e. The molecule has 3 heteroatoms. The van der Waals surface area contributed by atoms with Crippen LogP contribution in [0.3, 0.4) is 0 Å². The van der Waals surface area contributed by atoms with Gasteiger partial charge in [-0.3, -0.25) is 0 Å². The minimum absolute atomic E-state index is 0.315. The molecule has 2 nitrogen and oxygen atoms in total. The number of anilines is 1. The minimum Gasteiger partial charge on any atom is -0.371 e. The zero-order chi connectivity index (χ0) is 11.5. The minimum atomic E-state index is 0.315. The Morgan fingerprint density at radius 3 is 2.75 bits per heavy atom. The van der Waals surface area contributed by atoms with Crippen LogP contribution in [0.25, 0.3) is 0 Å². The molecular formula is C13H19ClN2. The molecule has 0 bridgehead atoms. The van der Waals surface area contributed by atoms with E-state index in [0.717, 1.165) is 30.5 Å². The van der Waals surface area contributed by atoms with Crippen LogP contribution in [0.15, 0.2) is 24.3 Å².